The van der Waals surface area contributed by atoms with Gasteiger partial charge in [0, 0.05) is 19.3 Å². The second-order valence-corrected chi connectivity index (χ2v) is 6.13. The van der Waals surface area contributed by atoms with Gasteiger partial charge in [0.1, 0.15) is 11.5 Å². The van der Waals surface area contributed by atoms with Crippen molar-refractivity contribution >= 4 is 23.4 Å². The predicted octanol–water partition coefficient (Wildman–Crippen LogP) is 3.15. The summed E-state index contributed by atoms with van der Waals surface area (Å²) in [4.78, 5) is 34.5. The monoisotopic (exact) mass is 376 g/mol. The van der Waals surface area contributed by atoms with Crippen LogP contribution in [-0.4, -0.2) is 36.0 Å². The first-order valence-electron chi connectivity index (χ1n) is 8.63. The fourth-order valence-electron chi connectivity index (χ4n) is 2.61. The van der Waals surface area contributed by atoms with Gasteiger partial charge in [-0.15, -0.1) is 0 Å². The summed E-state index contributed by atoms with van der Waals surface area (Å²) >= 11 is 0. The van der Waals surface area contributed by atoms with Gasteiger partial charge >= 0.3 is 5.97 Å². The Morgan fingerprint density at radius 3 is 2.50 bits per heavy atom. The lowest BCUT2D eigenvalue weighted by Gasteiger charge is -2.17. The van der Waals surface area contributed by atoms with E-state index in [4.69, 9.17) is 0 Å². The van der Waals surface area contributed by atoms with Gasteiger partial charge in [0.15, 0.2) is 0 Å². The number of carbonyl (C=O) groups is 2. The van der Waals surface area contributed by atoms with Crippen molar-refractivity contribution in [1.82, 2.24) is 9.97 Å². The van der Waals surface area contributed by atoms with Crippen molar-refractivity contribution < 1.29 is 14.3 Å². The summed E-state index contributed by atoms with van der Waals surface area (Å²) in [6.45, 7) is 0.682. The molecule has 0 aliphatic rings. The average molecular weight is 376 g/mol. The highest BCUT2D eigenvalue weighted by atomic mass is 16.5. The van der Waals surface area contributed by atoms with E-state index in [1.54, 1.807) is 30.5 Å². The molecule has 3 rings (SSSR count). The van der Waals surface area contributed by atoms with Crippen LogP contribution in [0.4, 0.5) is 11.5 Å². The molecule has 0 aliphatic heterocycles. The molecule has 0 saturated heterocycles. The molecule has 0 bridgehead atoms. The van der Waals surface area contributed by atoms with Crippen molar-refractivity contribution in [2.24, 2.45) is 0 Å². The van der Waals surface area contributed by atoms with E-state index in [0.717, 1.165) is 5.56 Å². The number of methoxy groups -OCH3 is 1. The summed E-state index contributed by atoms with van der Waals surface area (Å²) in [7, 11) is 3.22. The summed E-state index contributed by atoms with van der Waals surface area (Å²) in [6, 6.07) is 16.5. The molecule has 0 saturated carbocycles. The molecule has 3 aromatic rings. The first-order valence-corrected chi connectivity index (χ1v) is 8.63. The number of nitrogens with zero attached hydrogens (tertiary/aromatic N) is 3. The molecule has 0 aliphatic carbocycles. The molecule has 1 amide bonds. The average Bonchev–Trinajstić information content (AvgIpc) is 2.74. The number of hydrogen-bond donors (Lipinski definition) is 1. The Bertz CT molecular complexity index is 959. The lowest BCUT2D eigenvalue weighted by Crippen LogP contribution is -2.19. The van der Waals surface area contributed by atoms with Gasteiger partial charge < -0.3 is 15.0 Å². The molecule has 1 N–H and O–H groups in total. The SMILES string of the molecule is COC(=O)c1cccc(NC(=O)c2cnc(N(C)Cc3ccccc3)cn2)c1. The topological polar surface area (TPSA) is 84.4 Å². The maximum atomic E-state index is 12.4. The van der Waals surface area contributed by atoms with E-state index in [2.05, 4.69) is 20.0 Å². The fourth-order valence-corrected chi connectivity index (χ4v) is 2.61. The number of ether oxygens (including phenoxy) is 1. The third-order valence-corrected chi connectivity index (χ3v) is 4.07. The number of anilines is 2. The quantitative estimate of drug-likeness (QED) is 0.665. The van der Waals surface area contributed by atoms with Crippen LogP contribution in [0.5, 0.6) is 0 Å². The summed E-state index contributed by atoms with van der Waals surface area (Å²) in [6.07, 6.45) is 2.99. The maximum absolute atomic E-state index is 12.4. The number of amides is 1. The second kappa shape index (κ2) is 8.77. The maximum Gasteiger partial charge on any atom is 0.337 e. The van der Waals surface area contributed by atoms with Gasteiger partial charge in [-0.05, 0) is 23.8 Å². The van der Waals surface area contributed by atoms with E-state index < -0.39 is 11.9 Å². The van der Waals surface area contributed by atoms with Gasteiger partial charge in [0.2, 0.25) is 0 Å². The minimum Gasteiger partial charge on any atom is -0.465 e. The van der Waals surface area contributed by atoms with E-state index >= 15 is 0 Å². The van der Waals surface area contributed by atoms with E-state index in [1.807, 2.05) is 42.3 Å². The summed E-state index contributed by atoms with van der Waals surface area (Å²) < 4.78 is 4.68. The number of aromatic nitrogens is 2. The Morgan fingerprint density at radius 2 is 1.82 bits per heavy atom. The molecule has 0 atom stereocenters. The number of rotatable bonds is 6. The number of esters is 1. The zero-order chi connectivity index (χ0) is 19.9. The molecule has 0 radical (unpaired) electrons. The van der Waals surface area contributed by atoms with Gasteiger partial charge in [0.25, 0.3) is 5.91 Å². The predicted molar refractivity (Wildman–Crippen MR) is 106 cm³/mol. The number of carbonyl (C=O) groups excluding carboxylic acids is 2. The Kier molecular flexibility index (Phi) is 5.96. The van der Waals surface area contributed by atoms with Crippen molar-refractivity contribution in [2.75, 3.05) is 24.4 Å². The summed E-state index contributed by atoms with van der Waals surface area (Å²) in [5, 5.41) is 2.70. The van der Waals surface area contributed by atoms with Crippen LogP contribution in [0.15, 0.2) is 67.0 Å². The lowest BCUT2D eigenvalue weighted by molar-refractivity contribution is 0.0600. The lowest BCUT2D eigenvalue weighted by atomic mass is 10.2. The van der Waals surface area contributed by atoms with E-state index in [0.29, 0.717) is 23.6 Å². The smallest absolute Gasteiger partial charge is 0.337 e. The third kappa shape index (κ3) is 4.70. The van der Waals surface area contributed by atoms with Crippen LogP contribution in [0.25, 0.3) is 0 Å². The van der Waals surface area contributed by atoms with Crippen molar-refractivity contribution in [3.05, 3.63) is 83.8 Å². The highest BCUT2D eigenvalue weighted by molar-refractivity contribution is 6.03. The van der Waals surface area contributed by atoms with Gasteiger partial charge in [-0.1, -0.05) is 36.4 Å². The zero-order valence-corrected chi connectivity index (χ0v) is 15.6. The molecule has 0 unspecified atom stereocenters. The third-order valence-electron chi connectivity index (χ3n) is 4.07. The van der Waals surface area contributed by atoms with Gasteiger partial charge in [-0.3, -0.25) is 4.79 Å². The normalized spacial score (nSPS) is 10.2. The van der Waals surface area contributed by atoms with Gasteiger partial charge in [-0.2, -0.15) is 0 Å². The molecule has 2 aromatic carbocycles. The largest absolute Gasteiger partial charge is 0.465 e. The standard InChI is InChI=1S/C21H20N4O3/c1-25(14-15-7-4-3-5-8-15)19-13-22-18(12-23-19)20(26)24-17-10-6-9-16(11-17)21(27)28-2/h3-13H,14H2,1-2H3,(H,24,26). The molecule has 0 fully saturated rings. The highest BCUT2D eigenvalue weighted by Crippen LogP contribution is 2.14. The molecule has 1 aromatic heterocycles. The van der Waals surface area contributed by atoms with Gasteiger partial charge in [0.05, 0.1) is 25.1 Å². The molecule has 7 nitrogen and oxygen atoms in total. The summed E-state index contributed by atoms with van der Waals surface area (Å²) in [5.41, 5.74) is 2.16. The van der Waals surface area contributed by atoms with Crippen LogP contribution < -0.4 is 10.2 Å². The fraction of sp³-hybridized carbons (Fsp3) is 0.143. The first kappa shape index (κ1) is 19.0. The zero-order valence-electron chi connectivity index (χ0n) is 15.6. The van der Waals surface area contributed by atoms with Crippen LogP contribution in [0, 0.1) is 0 Å². The molecule has 142 valence electrons. The Balaban J connectivity index is 1.66. The highest BCUT2D eigenvalue weighted by Gasteiger charge is 2.12. The number of benzene rings is 2. The van der Waals surface area contributed by atoms with Crippen LogP contribution in [-0.2, 0) is 11.3 Å². The van der Waals surface area contributed by atoms with Crippen molar-refractivity contribution in [3.8, 4) is 0 Å². The van der Waals surface area contributed by atoms with E-state index in [1.165, 1.54) is 13.3 Å². The van der Waals surface area contributed by atoms with Crippen LogP contribution in [0.2, 0.25) is 0 Å². The Labute approximate surface area is 163 Å². The van der Waals surface area contributed by atoms with E-state index in [9.17, 15) is 9.59 Å². The molecular formula is C21H20N4O3. The van der Waals surface area contributed by atoms with Crippen LogP contribution in [0.1, 0.15) is 26.4 Å². The van der Waals surface area contributed by atoms with Crippen LogP contribution in [0.3, 0.4) is 0 Å². The minimum absolute atomic E-state index is 0.181. The molecule has 0 spiro atoms. The van der Waals surface area contributed by atoms with Crippen molar-refractivity contribution in [2.45, 2.75) is 6.54 Å². The molecule has 7 heteroatoms. The van der Waals surface area contributed by atoms with Crippen molar-refractivity contribution in [1.29, 1.82) is 0 Å². The molecule has 1 heterocycles. The van der Waals surface area contributed by atoms with E-state index in [-0.39, 0.29) is 5.69 Å². The van der Waals surface area contributed by atoms with Crippen LogP contribution >= 0.6 is 0 Å². The second-order valence-electron chi connectivity index (χ2n) is 6.13. The Hall–Kier alpha value is -3.74. The van der Waals surface area contributed by atoms with Gasteiger partial charge in [-0.25, -0.2) is 14.8 Å². The molecule has 28 heavy (non-hydrogen) atoms. The number of hydrogen-bond acceptors (Lipinski definition) is 6. The first-order chi connectivity index (χ1) is 13.6. The minimum atomic E-state index is -0.471. The Morgan fingerprint density at radius 1 is 1.04 bits per heavy atom. The van der Waals surface area contributed by atoms with Crippen molar-refractivity contribution in [3.63, 3.8) is 0 Å². The number of nitrogens with one attached hydrogen (secondary N) is 1. The molecular weight excluding hydrogens is 356 g/mol. The summed E-state index contributed by atoms with van der Waals surface area (Å²) in [5.74, 6) is -0.221.